The average Bonchev–Trinajstić information content (AvgIpc) is 3.27. The van der Waals surface area contributed by atoms with E-state index in [1.54, 1.807) is 18.2 Å². The first kappa shape index (κ1) is 29.2. The van der Waals surface area contributed by atoms with Crippen LogP contribution in [0.2, 0.25) is 0 Å². The van der Waals surface area contributed by atoms with Crippen molar-refractivity contribution < 1.29 is 19.5 Å². The van der Waals surface area contributed by atoms with Gasteiger partial charge in [-0.05, 0) is 107 Å². The van der Waals surface area contributed by atoms with E-state index in [4.69, 9.17) is 0 Å². The van der Waals surface area contributed by atoms with E-state index in [1.807, 2.05) is 32.0 Å². The largest absolute Gasteiger partial charge is 0.478 e. The van der Waals surface area contributed by atoms with Crippen LogP contribution in [-0.4, -0.2) is 33.6 Å². The number of hydrogen-bond acceptors (Lipinski definition) is 6. The van der Waals surface area contributed by atoms with Crippen LogP contribution in [-0.2, 0) is 4.79 Å². The lowest BCUT2D eigenvalue weighted by atomic mass is 10.1. The molecule has 0 fully saturated rings. The van der Waals surface area contributed by atoms with Crippen LogP contribution in [0.1, 0.15) is 31.8 Å². The van der Waals surface area contributed by atoms with Crippen molar-refractivity contribution in [3.05, 3.63) is 76.5 Å². The summed E-state index contributed by atoms with van der Waals surface area (Å²) in [7, 11) is 0. The minimum atomic E-state index is -1.25. The summed E-state index contributed by atoms with van der Waals surface area (Å²) in [5, 5.41) is 15.5. The van der Waals surface area contributed by atoms with Gasteiger partial charge in [0.15, 0.2) is 4.34 Å². The molecular weight excluding hydrogens is 790 g/mol. The quantitative estimate of drug-likeness (QED) is 0.0981. The third kappa shape index (κ3) is 6.18. The smallest absolute Gasteiger partial charge is 0.337 e. The third-order valence-corrected chi connectivity index (χ3v) is 12.3. The lowest BCUT2D eigenvalue weighted by Crippen LogP contribution is -2.18. The van der Waals surface area contributed by atoms with Crippen molar-refractivity contribution in [3.63, 3.8) is 0 Å². The van der Waals surface area contributed by atoms with Crippen molar-refractivity contribution in [1.82, 2.24) is 4.98 Å². The predicted octanol–water partition coefficient (Wildman–Crippen LogP) is 8.64. The Bertz CT molecular complexity index is 1600. The Kier molecular flexibility index (Phi) is 9.36. The van der Waals surface area contributed by atoms with E-state index in [2.05, 4.69) is 79.3 Å². The van der Waals surface area contributed by atoms with Gasteiger partial charge in [0.05, 0.1) is 27.1 Å². The van der Waals surface area contributed by atoms with Crippen LogP contribution in [0.5, 0.6) is 0 Å². The van der Waals surface area contributed by atoms with Crippen LogP contribution in [0.15, 0.2) is 58.6 Å². The number of para-hydroxylation sites is 1. The van der Waals surface area contributed by atoms with Crippen molar-refractivity contribution in [3.8, 4) is 0 Å². The first-order valence-corrected chi connectivity index (χ1v) is 15.7. The van der Waals surface area contributed by atoms with E-state index in [0.29, 0.717) is 19.1 Å². The summed E-state index contributed by atoms with van der Waals surface area (Å²) in [6, 6.07) is 11.1. The predicted molar refractivity (Wildman–Crippen MR) is 167 cm³/mol. The van der Waals surface area contributed by atoms with Gasteiger partial charge in [-0.25, -0.2) is 9.78 Å². The van der Waals surface area contributed by atoms with E-state index in [1.165, 1.54) is 23.1 Å². The van der Waals surface area contributed by atoms with E-state index in [9.17, 15) is 19.5 Å². The summed E-state index contributed by atoms with van der Waals surface area (Å²) >= 11 is 16.0. The molecule has 0 spiro atoms. The van der Waals surface area contributed by atoms with Gasteiger partial charge in [0.25, 0.3) is 5.91 Å². The Morgan fingerprint density at radius 1 is 0.921 bits per heavy atom. The lowest BCUT2D eigenvalue weighted by Gasteiger charge is -2.14. The van der Waals surface area contributed by atoms with Crippen molar-refractivity contribution in [2.45, 2.75) is 18.2 Å². The molecule has 0 aliphatic heterocycles. The number of carbonyl (C=O) groups excluding carboxylic acids is 2. The summed E-state index contributed by atoms with van der Waals surface area (Å²) in [5.74, 6) is -1.76. The highest BCUT2D eigenvalue weighted by Gasteiger charge is 2.28. The maximum absolute atomic E-state index is 13.2. The number of anilines is 2. The first-order valence-electron chi connectivity index (χ1n) is 10.8. The van der Waals surface area contributed by atoms with Gasteiger partial charge in [0.1, 0.15) is 0 Å². The summed E-state index contributed by atoms with van der Waals surface area (Å²) in [6.45, 7) is 3.91. The Morgan fingerprint density at radius 2 is 1.55 bits per heavy atom. The number of hydrogen-bond donors (Lipinski definition) is 3. The molecule has 1 heterocycles. The van der Waals surface area contributed by atoms with Crippen molar-refractivity contribution in [2.24, 2.45) is 0 Å². The number of nitrogens with zero attached hydrogens (tertiary/aromatic N) is 1. The number of aryl methyl sites for hydroxylation is 2. The van der Waals surface area contributed by atoms with Gasteiger partial charge in [0, 0.05) is 29.3 Å². The second-order valence-corrected chi connectivity index (χ2v) is 13.5. The minimum absolute atomic E-state index is 0.0324. The van der Waals surface area contributed by atoms with Crippen LogP contribution in [0.25, 0.3) is 10.2 Å². The fourth-order valence-corrected chi connectivity index (χ4v) is 7.97. The van der Waals surface area contributed by atoms with E-state index in [-0.39, 0.29) is 27.3 Å². The monoisotopic (exact) mass is 803 g/mol. The maximum atomic E-state index is 13.2. The zero-order valence-corrected chi connectivity index (χ0v) is 27.6. The molecule has 13 heteroatoms. The summed E-state index contributed by atoms with van der Waals surface area (Å²) in [6.07, 6.45) is 0. The molecule has 0 bridgehead atoms. The molecule has 1 aromatic heterocycles. The standard InChI is InChI=1S/C25H17Br4N3O4S2/c1-10-4-3-5-11(2)22(10)32-15(33)9-37-25-31-13-7-6-12(8-14(13)38-25)30-23(34)16-17(24(35)36)19(27)21(29)20(28)18(16)26/h3-8H,9H2,1-2H3,(H,30,34)(H,32,33)(H,35,36). The molecule has 7 nitrogen and oxygen atoms in total. The highest BCUT2D eigenvalue weighted by atomic mass is 79.9. The average molecular weight is 807 g/mol. The number of nitrogens with one attached hydrogen (secondary N) is 2. The zero-order chi connectivity index (χ0) is 27.7. The molecule has 4 aromatic rings. The van der Waals surface area contributed by atoms with Gasteiger partial charge in [-0.3, -0.25) is 9.59 Å². The lowest BCUT2D eigenvalue weighted by molar-refractivity contribution is -0.113. The second-order valence-electron chi connectivity index (χ2n) is 8.03. The fraction of sp³-hybridized carbons (Fsp3) is 0.120. The summed E-state index contributed by atoms with van der Waals surface area (Å²) in [5.41, 5.74) is 3.83. The van der Waals surface area contributed by atoms with E-state index < -0.39 is 11.9 Å². The molecule has 0 saturated heterocycles. The number of halogens is 4. The van der Waals surface area contributed by atoms with Gasteiger partial charge in [0.2, 0.25) is 5.91 Å². The Balaban J connectivity index is 1.50. The molecule has 0 aliphatic carbocycles. The van der Waals surface area contributed by atoms with Crippen molar-refractivity contribution >= 4 is 126 Å². The molecule has 0 unspecified atom stereocenters. The molecule has 0 radical (unpaired) electrons. The van der Waals surface area contributed by atoms with Gasteiger partial charge in [-0.1, -0.05) is 30.0 Å². The highest BCUT2D eigenvalue weighted by Crippen LogP contribution is 2.42. The second kappa shape index (κ2) is 12.2. The number of carbonyl (C=O) groups is 3. The highest BCUT2D eigenvalue weighted by molar-refractivity contribution is 9.15. The number of aromatic nitrogens is 1. The number of thiazole rings is 1. The zero-order valence-electron chi connectivity index (χ0n) is 19.6. The molecule has 0 aliphatic rings. The Labute approximate surface area is 259 Å². The molecule has 2 amide bonds. The summed E-state index contributed by atoms with van der Waals surface area (Å²) in [4.78, 5) is 42.2. The number of amides is 2. The van der Waals surface area contributed by atoms with Crippen molar-refractivity contribution in [1.29, 1.82) is 0 Å². The fourth-order valence-electron chi connectivity index (χ4n) is 3.60. The number of carboxylic acid groups (broad SMARTS) is 1. The molecule has 3 aromatic carbocycles. The first-order chi connectivity index (χ1) is 18.0. The molecule has 0 atom stereocenters. The normalized spacial score (nSPS) is 11.0. The van der Waals surface area contributed by atoms with Crippen LogP contribution in [0.3, 0.4) is 0 Å². The summed E-state index contributed by atoms with van der Waals surface area (Å²) < 4.78 is 3.05. The number of rotatable bonds is 7. The minimum Gasteiger partial charge on any atom is -0.478 e. The molecule has 4 rings (SSSR count). The number of thioether (sulfide) groups is 1. The topological polar surface area (TPSA) is 108 Å². The van der Waals surface area contributed by atoms with E-state index >= 15 is 0 Å². The maximum Gasteiger partial charge on any atom is 0.337 e. The third-order valence-electron chi connectivity index (χ3n) is 5.41. The molecule has 0 saturated carbocycles. The molecular formula is C25H17Br4N3O4S2. The SMILES string of the molecule is Cc1cccc(C)c1NC(=O)CSc1nc2ccc(NC(=O)c3c(Br)c(Br)c(Br)c(Br)c3C(=O)O)cc2s1. The van der Waals surface area contributed by atoms with Gasteiger partial charge in [-0.15, -0.1) is 11.3 Å². The number of benzene rings is 3. The van der Waals surface area contributed by atoms with Gasteiger partial charge >= 0.3 is 5.97 Å². The molecule has 38 heavy (non-hydrogen) atoms. The van der Waals surface area contributed by atoms with Crippen LogP contribution < -0.4 is 10.6 Å². The van der Waals surface area contributed by atoms with Crippen LogP contribution >= 0.6 is 86.8 Å². The van der Waals surface area contributed by atoms with Crippen LogP contribution in [0, 0.1) is 13.8 Å². The Hall–Kier alpha value is -1.77. The van der Waals surface area contributed by atoms with Crippen molar-refractivity contribution in [2.75, 3.05) is 16.4 Å². The number of aromatic carboxylic acids is 1. The number of carboxylic acids is 1. The van der Waals surface area contributed by atoms with E-state index in [0.717, 1.165) is 31.4 Å². The van der Waals surface area contributed by atoms with Gasteiger partial charge in [-0.2, -0.15) is 0 Å². The number of fused-ring (bicyclic) bond motifs is 1. The van der Waals surface area contributed by atoms with Gasteiger partial charge < -0.3 is 15.7 Å². The Morgan fingerprint density at radius 3 is 2.18 bits per heavy atom. The molecule has 3 N–H and O–H groups in total. The molecule has 196 valence electrons. The van der Waals surface area contributed by atoms with Crippen LogP contribution in [0.4, 0.5) is 11.4 Å².